The summed E-state index contributed by atoms with van der Waals surface area (Å²) in [5.74, 6) is 0.270. The lowest BCUT2D eigenvalue weighted by atomic mass is 9.60. The molecule has 0 aromatic heterocycles. The van der Waals surface area contributed by atoms with Gasteiger partial charge in [-0.2, -0.15) is 0 Å². The zero-order valence-corrected chi connectivity index (χ0v) is 18.4. The van der Waals surface area contributed by atoms with Gasteiger partial charge in [0.25, 0.3) is 6.43 Å². The largest absolute Gasteiger partial charge is 0.488 e. The van der Waals surface area contributed by atoms with Crippen LogP contribution in [0.25, 0.3) is 0 Å². The molecule has 0 bridgehead atoms. The van der Waals surface area contributed by atoms with Crippen LogP contribution in [0.15, 0.2) is 24.3 Å². The Hall–Kier alpha value is -1.74. The maximum absolute atomic E-state index is 12.3. The minimum atomic E-state index is -3.26. The number of halogens is 2. The molecule has 1 aromatic carbocycles. The Morgan fingerprint density at radius 3 is 2.45 bits per heavy atom. The number of nitrogens with one attached hydrogen (secondary N) is 1. The number of nitrogens with zero attached hydrogens (tertiary/aromatic N) is 1. The van der Waals surface area contributed by atoms with E-state index < -0.39 is 28.1 Å². The summed E-state index contributed by atoms with van der Waals surface area (Å²) in [7, 11) is -3.26. The van der Waals surface area contributed by atoms with Gasteiger partial charge < -0.3 is 10.1 Å². The molecule has 1 atom stereocenters. The number of hydrogen-bond donors (Lipinski definition) is 1. The van der Waals surface area contributed by atoms with Gasteiger partial charge in [-0.1, -0.05) is 12.1 Å². The van der Waals surface area contributed by atoms with Crippen molar-refractivity contribution in [2.75, 3.05) is 25.4 Å². The molecule has 0 unspecified atom stereocenters. The second-order valence-electron chi connectivity index (χ2n) is 9.23. The number of likely N-dealkylation sites (tertiary alicyclic amines) is 1. The highest BCUT2D eigenvalue weighted by Gasteiger charge is 2.47. The number of ether oxygens (including phenoxy) is 1. The SMILES string of the molecule is O=C(NC1CC2(CCN(Cc3ccc(OCC(F)F)cc3)CC2)C1)[C@H]1CCCS1(=O)=O. The Bertz CT molecular complexity index is 875. The lowest BCUT2D eigenvalue weighted by molar-refractivity contribution is -0.123. The molecule has 1 amide bonds. The standard InChI is InChI=1S/C22H30F2N2O4S/c23-20(24)15-30-18-5-3-16(4-6-18)14-26-9-7-22(8-10-26)12-17(13-22)25-21(27)19-2-1-11-31(19,28)29/h3-6,17,19-20H,1-2,7-15H2,(H,25,27)/t19-/m1/s1. The van der Waals surface area contributed by atoms with Gasteiger partial charge in [0.15, 0.2) is 9.84 Å². The van der Waals surface area contributed by atoms with Gasteiger partial charge in [-0.25, -0.2) is 17.2 Å². The van der Waals surface area contributed by atoms with Gasteiger partial charge in [-0.05, 0) is 74.7 Å². The summed E-state index contributed by atoms with van der Waals surface area (Å²) in [5, 5.41) is 2.12. The molecule has 3 aliphatic rings. The van der Waals surface area contributed by atoms with E-state index in [9.17, 15) is 22.0 Å². The summed E-state index contributed by atoms with van der Waals surface area (Å²) >= 11 is 0. The van der Waals surface area contributed by atoms with E-state index >= 15 is 0 Å². The van der Waals surface area contributed by atoms with Gasteiger partial charge in [0, 0.05) is 12.6 Å². The molecule has 3 fully saturated rings. The van der Waals surface area contributed by atoms with E-state index in [1.807, 2.05) is 12.1 Å². The fraction of sp³-hybridized carbons (Fsp3) is 0.682. The third-order valence-electron chi connectivity index (χ3n) is 6.95. The first kappa shape index (κ1) is 22.5. The van der Waals surface area contributed by atoms with Crippen molar-refractivity contribution in [3.63, 3.8) is 0 Å². The van der Waals surface area contributed by atoms with E-state index in [0.29, 0.717) is 18.6 Å². The van der Waals surface area contributed by atoms with Crippen molar-refractivity contribution in [3.05, 3.63) is 29.8 Å². The highest BCUT2D eigenvalue weighted by molar-refractivity contribution is 7.93. The average molecular weight is 457 g/mol. The number of sulfone groups is 1. The number of benzene rings is 1. The fourth-order valence-electron chi connectivity index (χ4n) is 5.17. The molecular formula is C22H30F2N2O4S. The Morgan fingerprint density at radius 2 is 1.87 bits per heavy atom. The molecule has 6 nitrogen and oxygen atoms in total. The summed E-state index contributed by atoms with van der Waals surface area (Å²) in [4.78, 5) is 14.7. The Kier molecular flexibility index (Phi) is 6.53. The molecule has 31 heavy (non-hydrogen) atoms. The van der Waals surface area contributed by atoms with Crippen LogP contribution in [0, 0.1) is 5.41 Å². The zero-order chi connectivity index (χ0) is 22.1. The van der Waals surface area contributed by atoms with Crippen LogP contribution in [0.3, 0.4) is 0 Å². The van der Waals surface area contributed by atoms with Crippen molar-refractivity contribution >= 4 is 15.7 Å². The number of amides is 1. The number of carbonyl (C=O) groups excluding carboxylic acids is 1. The van der Waals surface area contributed by atoms with E-state index in [1.165, 1.54) is 0 Å². The number of rotatable bonds is 7. The molecule has 0 radical (unpaired) electrons. The highest BCUT2D eigenvalue weighted by atomic mass is 32.2. The molecule has 9 heteroatoms. The molecule has 1 N–H and O–H groups in total. The topological polar surface area (TPSA) is 75.7 Å². The van der Waals surface area contributed by atoms with Crippen molar-refractivity contribution in [1.29, 1.82) is 0 Å². The van der Waals surface area contributed by atoms with Gasteiger partial charge >= 0.3 is 0 Å². The molecule has 1 spiro atoms. The van der Waals surface area contributed by atoms with Crippen molar-refractivity contribution in [1.82, 2.24) is 10.2 Å². The monoisotopic (exact) mass is 456 g/mol. The Morgan fingerprint density at radius 1 is 1.19 bits per heavy atom. The number of piperidine rings is 1. The minimum Gasteiger partial charge on any atom is -0.488 e. The first-order chi connectivity index (χ1) is 14.7. The molecule has 2 heterocycles. The molecule has 2 saturated heterocycles. The highest BCUT2D eigenvalue weighted by Crippen LogP contribution is 2.49. The average Bonchev–Trinajstić information content (AvgIpc) is 3.07. The normalized spacial score (nSPS) is 25.5. The van der Waals surface area contributed by atoms with Crippen LogP contribution in [-0.4, -0.2) is 62.4 Å². The van der Waals surface area contributed by atoms with Crippen LogP contribution in [0.1, 0.15) is 44.1 Å². The van der Waals surface area contributed by atoms with Crippen LogP contribution in [-0.2, 0) is 21.2 Å². The molecule has 1 saturated carbocycles. The third-order valence-corrected chi connectivity index (χ3v) is 9.12. The maximum Gasteiger partial charge on any atom is 0.272 e. The van der Waals surface area contributed by atoms with Crippen LogP contribution >= 0.6 is 0 Å². The maximum atomic E-state index is 12.3. The molecule has 2 aliphatic heterocycles. The van der Waals surface area contributed by atoms with Gasteiger partial charge in [0.05, 0.1) is 5.75 Å². The summed E-state index contributed by atoms with van der Waals surface area (Å²) < 4.78 is 53.3. The van der Waals surface area contributed by atoms with Crippen molar-refractivity contribution in [2.24, 2.45) is 5.41 Å². The summed E-state index contributed by atoms with van der Waals surface area (Å²) in [6, 6.07) is 7.38. The predicted molar refractivity (Wildman–Crippen MR) is 113 cm³/mol. The Balaban J connectivity index is 1.19. The third kappa shape index (κ3) is 5.37. The van der Waals surface area contributed by atoms with Crippen LogP contribution < -0.4 is 10.1 Å². The van der Waals surface area contributed by atoms with Crippen LogP contribution in [0.4, 0.5) is 8.78 Å². The van der Waals surface area contributed by atoms with Gasteiger partial charge in [0.2, 0.25) is 5.91 Å². The van der Waals surface area contributed by atoms with E-state index in [2.05, 4.69) is 10.2 Å². The minimum absolute atomic E-state index is 0.0932. The van der Waals surface area contributed by atoms with Crippen molar-refractivity contribution in [2.45, 2.75) is 62.8 Å². The molecule has 172 valence electrons. The molecular weight excluding hydrogens is 426 g/mol. The first-order valence-corrected chi connectivity index (χ1v) is 12.7. The summed E-state index contributed by atoms with van der Waals surface area (Å²) in [5.41, 5.74) is 1.38. The smallest absolute Gasteiger partial charge is 0.272 e. The number of alkyl halides is 2. The van der Waals surface area contributed by atoms with E-state index in [-0.39, 0.29) is 23.1 Å². The predicted octanol–water partition coefficient (Wildman–Crippen LogP) is 2.77. The number of carbonyl (C=O) groups is 1. The van der Waals surface area contributed by atoms with Crippen LogP contribution in [0.5, 0.6) is 5.75 Å². The first-order valence-electron chi connectivity index (χ1n) is 11.0. The van der Waals surface area contributed by atoms with Gasteiger partial charge in [-0.15, -0.1) is 0 Å². The lowest BCUT2D eigenvalue weighted by Crippen LogP contribution is -2.56. The lowest BCUT2D eigenvalue weighted by Gasteiger charge is -2.52. The second kappa shape index (κ2) is 9.02. The van der Waals surface area contributed by atoms with Crippen LogP contribution in [0.2, 0.25) is 0 Å². The van der Waals surface area contributed by atoms with E-state index in [4.69, 9.17) is 4.74 Å². The zero-order valence-electron chi connectivity index (χ0n) is 17.6. The van der Waals surface area contributed by atoms with E-state index in [0.717, 1.165) is 50.9 Å². The van der Waals surface area contributed by atoms with Crippen molar-refractivity contribution < 1.29 is 26.7 Å². The second-order valence-corrected chi connectivity index (χ2v) is 11.5. The quantitative estimate of drug-likeness (QED) is 0.683. The molecule has 1 aliphatic carbocycles. The van der Waals surface area contributed by atoms with Gasteiger partial charge in [0.1, 0.15) is 17.6 Å². The summed E-state index contributed by atoms with van der Waals surface area (Å²) in [6.45, 7) is 2.17. The van der Waals surface area contributed by atoms with Gasteiger partial charge in [-0.3, -0.25) is 9.69 Å². The summed E-state index contributed by atoms with van der Waals surface area (Å²) in [6.07, 6.45) is 2.53. The number of hydrogen-bond acceptors (Lipinski definition) is 5. The molecule has 4 rings (SSSR count). The van der Waals surface area contributed by atoms with E-state index in [1.54, 1.807) is 12.1 Å². The Labute approximate surface area is 182 Å². The van der Waals surface area contributed by atoms with Crippen molar-refractivity contribution in [3.8, 4) is 5.75 Å². The fourth-order valence-corrected chi connectivity index (χ4v) is 6.94. The molecule has 1 aromatic rings.